The molecular formula is C17H30N2O2. The second-order valence-corrected chi connectivity index (χ2v) is 7.83. The first-order valence-corrected chi connectivity index (χ1v) is 8.64. The number of nitrogens with one attached hydrogen (secondary N) is 1. The summed E-state index contributed by atoms with van der Waals surface area (Å²) in [6.45, 7) is 8.73. The van der Waals surface area contributed by atoms with Crippen molar-refractivity contribution in [3.63, 3.8) is 0 Å². The van der Waals surface area contributed by atoms with Crippen LogP contribution < -0.4 is 5.32 Å². The van der Waals surface area contributed by atoms with E-state index in [9.17, 15) is 4.79 Å². The number of rotatable bonds is 5. The molecule has 3 atom stereocenters. The molecule has 2 bridgehead atoms. The minimum Gasteiger partial charge on any atom is -0.379 e. The lowest BCUT2D eigenvalue weighted by Gasteiger charge is -2.41. The number of hydrogen-bond acceptors (Lipinski definition) is 3. The van der Waals surface area contributed by atoms with Crippen LogP contribution in [-0.2, 0) is 9.53 Å². The Kier molecular flexibility index (Phi) is 4.55. The Morgan fingerprint density at radius 2 is 2.00 bits per heavy atom. The van der Waals surface area contributed by atoms with Crippen molar-refractivity contribution in [2.45, 2.75) is 51.5 Å². The van der Waals surface area contributed by atoms with Crippen molar-refractivity contribution in [3.05, 3.63) is 0 Å². The van der Waals surface area contributed by atoms with E-state index < -0.39 is 0 Å². The largest absolute Gasteiger partial charge is 0.379 e. The predicted octanol–water partition coefficient (Wildman–Crippen LogP) is 2.04. The van der Waals surface area contributed by atoms with Gasteiger partial charge in [-0.25, -0.2) is 0 Å². The summed E-state index contributed by atoms with van der Waals surface area (Å²) < 4.78 is 5.41. The van der Waals surface area contributed by atoms with Crippen molar-refractivity contribution in [3.8, 4) is 0 Å². The molecule has 1 saturated heterocycles. The molecule has 1 N–H and O–H groups in total. The van der Waals surface area contributed by atoms with Crippen molar-refractivity contribution < 1.29 is 9.53 Å². The summed E-state index contributed by atoms with van der Waals surface area (Å²) in [4.78, 5) is 14.7. The molecule has 1 aliphatic heterocycles. The van der Waals surface area contributed by atoms with Crippen molar-refractivity contribution in [1.29, 1.82) is 0 Å². The fourth-order valence-corrected chi connectivity index (χ4v) is 4.53. The maximum Gasteiger partial charge on any atom is 0.220 e. The van der Waals surface area contributed by atoms with Crippen molar-refractivity contribution in [2.24, 2.45) is 17.8 Å². The van der Waals surface area contributed by atoms with Crippen LogP contribution in [0.2, 0.25) is 0 Å². The van der Waals surface area contributed by atoms with Crippen molar-refractivity contribution in [2.75, 3.05) is 32.8 Å². The monoisotopic (exact) mass is 294 g/mol. The van der Waals surface area contributed by atoms with E-state index in [-0.39, 0.29) is 11.4 Å². The number of fused-ring (bicyclic) bond motifs is 2. The number of amides is 1. The highest BCUT2D eigenvalue weighted by Gasteiger charge is 2.40. The summed E-state index contributed by atoms with van der Waals surface area (Å²) in [5.74, 6) is 2.69. The number of morpholine rings is 1. The third-order valence-corrected chi connectivity index (χ3v) is 5.92. The van der Waals surface area contributed by atoms with Crippen LogP contribution in [0, 0.1) is 17.8 Å². The molecule has 0 aromatic rings. The van der Waals surface area contributed by atoms with Crippen LogP contribution in [0.1, 0.15) is 46.0 Å². The summed E-state index contributed by atoms with van der Waals surface area (Å²) in [6.07, 6.45) is 6.21. The molecule has 0 aromatic carbocycles. The molecule has 2 aliphatic carbocycles. The molecule has 2 saturated carbocycles. The van der Waals surface area contributed by atoms with E-state index in [0.29, 0.717) is 5.92 Å². The van der Waals surface area contributed by atoms with E-state index in [4.69, 9.17) is 4.74 Å². The molecule has 0 spiro atoms. The molecule has 4 nitrogen and oxygen atoms in total. The minimum absolute atomic E-state index is 0.0219. The normalized spacial score (nSPS) is 33.3. The lowest BCUT2D eigenvalue weighted by Crippen LogP contribution is -2.55. The van der Waals surface area contributed by atoms with E-state index in [1.165, 1.54) is 25.7 Å². The van der Waals surface area contributed by atoms with Gasteiger partial charge in [-0.15, -0.1) is 0 Å². The maximum absolute atomic E-state index is 12.3. The van der Waals surface area contributed by atoms with Gasteiger partial charge in [0.25, 0.3) is 0 Å². The molecule has 0 aromatic heterocycles. The average Bonchev–Trinajstić information content (AvgIpc) is 3.09. The van der Waals surface area contributed by atoms with Gasteiger partial charge in [0.15, 0.2) is 0 Å². The Hall–Kier alpha value is -0.610. The fraction of sp³-hybridized carbons (Fsp3) is 0.941. The smallest absolute Gasteiger partial charge is 0.220 e. The van der Waals surface area contributed by atoms with Crippen molar-refractivity contribution >= 4 is 5.91 Å². The standard InChI is InChI=1S/C17H30N2O2/c1-17(2,19-5-7-21-8-6-19)12-18-16(20)11-15-10-13-3-4-14(15)9-13/h13-15H,3-12H2,1-2H3,(H,18,20). The first kappa shape index (κ1) is 15.3. The van der Waals surface area contributed by atoms with Crippen molar-refractivity contribution in [1.82, 2.24) is 10.2 Å². The lowest BCUT2D eigenvalue weighted by atomic mass is 9.86. The molecule has 1 amide bonds. The van der Waals surface area contributed by atoms with Gasteiger partial charge in [0, 0.05) is 31.6 Å². The fourth-order valence-electron chi connectivity index (χ4n) is 4.53. The number of ether oxygens (including phenoxy) is 1. The van der Waals surface area contributed by atoms with Gasteiger partial charge in [-0.3, -0.25) is 9.69 Å². The first-order valence-electron chi connectivity index (χ1n) is 8.64. The zero-order valence-corrected chi connectivity index (χ0v) is 13.6. The highest BCUT2D eigenvalue weighted by atomic mass is 16.5. The predicted molar refractivity (Wildman–Crippen MR) is 83.0 cm³/mol. The van der Waals surface area contributed by atoms with Gasteiger partial charge in [0.05, 0.1) is 13.2 Å². The van der Waals surface area contributed by atoms with E-state index in [1.807, 2.05) is 0 Å². The van der Waals surface area contributed by atoms with Crippen LogP contribution in [0.15, 0.2) is 0 Å². The Morgan fingerprint density at radius 1 is 1.24 bits per heavy atom. The van der Waals surface area contributed by atoms with Gasteiger partial charge in [0.2, 0.25) is 5.91 Å². The highest BCUT2D eigenvalue weighted by Crippen LogP contribution is 2.49. The third kappa shape index (κ3) is 3.59. The van der Waals surface area contributed by atoms with Crippen LogP contribution in [0.5, 0.6) is 0 Å². The highest BCUT2D eigenvalue weighted by molar-refractivity contribution is 5.76. The second kappa shape index (κ2) is 6.25. The molecule has 21 heavy (non-hydrogen) atoms. The Bertz CT molecular complexity index is 377. The van der Waals surface area contributed by atoms with Gasteiger partial charge in [-0.05, 0) is 50.9 Å². The summed E-state index contributed by atoms with van der Waals surface area (Å²) in [5, 5.41) is 3.19. The number of hydrogen-bond donors (Lipinski definition) is 1. The van der Waals surface area contributed by atoms with E-state index >= 15 is 0 Å². The molecule has 3 unspecified atom stereocenters. The average molecular weight is 294 g/mol. The molecule has 3 aliphatic rings. The van der Waals surface area contributed by atoms with E-state index in [0.717, 1.165) is 51.1 Å². The second-order valence-electron chi connectivity index (χ2n) is 7.83. The van der Waals surface area contributed by atoms with Gasteiger partial charge < -0.3 is 10.1 Å². The van der Waals surface area contributed by atoms with Gasteiger partial charge >= 0.3 is 0 Å². The summed E-state index contributed by atoms with van der Waals surface area (Å²) in [6, 6.07) is 0. The van der Waals surface area contributed by atoms with Crippen LogP contribution >= 0.6 is 0 Å². The number of carbonyl (C=O) groups excluding carboxylic acids is 1. The molecular weight excluding hydrogens is 264 g/mol. The molecule has 120 valence electrons. The lowest BCUT2D eigenvalue weighted by molar-refractivity contribution is -0.123. The van der Waals surface area contributed by atoms with Crippen LogP contribution in [0.25, 0.3) is 0 Å². The Labute approximate surface area is 128 Å². The van der Waals surface area contributed by atoms with Crippen LogP contribution in [-0.4, -0.2) is 49.2 Å². The molecule has 3 fully saturated rings. The summed E-state index contributed by atoms with van der Waals surface area (Å²) in [5.41, 5.74) is 0.0219. The minimum atomic E-state index is 0.0219. The van der Waals surface area contributed by atoms with E-state index in [1.54, 1.807) is 0 Å². The van der Waals surface area contributed by atoms with Crippen LogP contribution in [0.3, 0.4) is 0 Å². The quantitative estimate of drug-likeness (QED) is 0.843. The zero-order chi connectivity index (χ0) is 14.9. The Morgan fingerprint density at radius 3 is 2.62 bits per heavy atom. The van der Waals surface area contributed by atoms with Crippen LogP contribution in [0.4, 0.5) is 0 Å². The van der Waals surface area contributed by atoms with Gasteiger partial charge in [-0.2, -0.15) is 0 Å². The SMILES string of the molecule is CC(C)(CNC(=O)CC1CC2CCC1C2)N1CCOCC1. The number of carbonyl (C=O) groups is 1. The summed E-state index contributed by atoms with van der Waals surface area (Å²) >= 11 is 0. The molecule has 4 heteroatoms. The molecule has 3 rings (SSSR count). The van der Waals surface area contributed by atoms with E-state index in [2.05, 4.69) is 24.1 Å². The maximum atomic E-state index is 12.3. The molecule has 0 radical (unpaired) electrons. The number of nitrogens with zero attached hydrogens (tertiary/aromatic N) is 1. The summed E-state index contributed by atoms with van der Waals surface area (Å²) in [7, 11) is 0. The van der Waals surface area contributed by atoms with Gasteiger partial charge in [-0.1, -0.05) is 6.42 Å². The zero-order valence-electron chi connectivity index (χ0n) is 13.6. The first-order chi connectivity index (χ1) is 10.0. The topological polar surface area (TPSA) is 41.6 Å². The third-order valence-electron chi connectivity index (χ3n) is 5.92. The van der Waals surface area contributed by atoms with Gasteiger partial charge in [0.1, 0.15) is 0 Å². The Balaban J connectivity index is 1.42. The molecule has 1 heterocycles.